The number of rotatable bonds is 7. The minimum atomic E-state index is -0.462. The van der Waals surface area contributed by atoms with Crippen molar-refractivity contribution in [3.63, 3.8) is 0 Å². The average molecular weight is 432 g/mol. The molecule has 7 heteroatoms. The third-order valence-electron chi connectivity index (χ3n) is 4.45. The van der Waals surface area contributed by atoms with Gasteiger partial charge in [0.05, 0.1) is 19.3 Å². The molecule has 1 atom stereocenters. The van der Waals surface area contributed by atoms with Crippen molar-refractivity contribution in [1.29, 1.82) is 0 Å². The van der Waals surface area contributed by atoms with E-state index < -0.39 is 6.10 Å². The number of piperazine rings is 1. The number of aliphatic hydroxyl groups is 1. The van der Waals surface area contributed by atoms with Crippen LogP contribution in [0, 0.1) is 0 Å². The van der Waals surface area contributed by atoms with Crippen molar-refractivity contribution in [2.24, 2.45) is 0 Å². The van der Waals surface area contributed by atoms with Gasteiger partial charge in [-0.3, -0.25) is 4.90 Å². The second kappa shape index (κ2) is 12.4. The molecule has 0 aliphatic carbocycles. The van der Waals surface area contributed by atoms with E-state index in [1.807, 2.05) is 30.3 Å². The first-order valence-corrected chi connectivity index (χ1v) is 9.11. The van der Waals surface area contributed by atoms with Crippen LogP contribution in [0.15, 0.2) is 54.6 Å². The molecule has 27 heavy (non-hydrogen) atoms. The van der Waals surface area contributed by atoms with E-state index in [2.05, 4.69) is 34.1 Å². The van der Waals surface area contributed by atoms with Crippen LogP contribution in [-0.4, -0.2) is 55.4 Å². The van der Waals surface area contributed by atoms with E-state index >= 15 is 0 Å². The molecule has 0 aromatic heterocycles. The summed E-state index contributed by atoms with van der Waals surface area (Å²) >= 11 is 5.86. The maximum Gasteiger partial charge on any atom is 0.0900 e. The Kier molecular flexibility index (Phi) is 11.1. The fourth-order valence-corrected chi connectivity index (χ4v) is 3.20. The molecular formula is C20H25Cl3N2O2-2. The molecule has 0 radical (unpaired) electrons. The van der Waals surface area contributed by atoms with Crippen LogP contribution in [0.3, 0.4) is 0 Å². The lowest BCUT2D eigenvalue weighted by Gasteiger charge is -2.36. The quantitative estimate of drug-likeness (QED) is 0.509. The van der Waals surface area contributed by atoms with Crippen molar-refractivity contribution in [3.05, 3.63) is 65.2 Å². The van der Waals surface area contributed by atoms with Gasteiger partial charge in [-0.1, -0.05) is 41.9 Å². The van der Waals surface area contributed by atoms with Crippen LogP contribution in [-0.2, 0) is 11.3 Å². The lowest BCUT2D eigenvalue weighted by molar-refractivity contribution is -0.001000. The second-order valence-corrected chi connectivity index (χ2v) is 6.86. The molecule has 2 aromatic rings. The van der Waals surface area contributed by atoms with Crippen LogP contribution < -0.4 is 29.7 Å². The molecular weight excluding hydrogens is 407 g/mol. The Bertz CT molecular complexity index is 635. The molecule has 0 amide bonds. The van der Waals surface area contributed by atoms with Crippen molar-refractivity contribution < 1.29 is 34.7 Å². The first-order valence-electron chi connectivity index (χ1n) is 8.73. The summed E-state index contributed by atoms with van der Waals surface area (Å²) in [6.45, 7) is 5.40. The highest BCUT2D eigenvalue weighted by Gasteiger charge is 2.19. The van der Waals surface area contributed by atoms with Gasteiger partial charge >= 0.3 is 0 Å². The summed E-state index contributed by atoms with van der Waals surface area (Å²) in [5, 5.41) is 10.9. The standard InChI is InChI=1S/C20H25ClN2O2.2ClH/c21-18-8-6-17(7-9-18)15-25-16-20(24)14-22-10-12-23(13-11-22)19-4-2-1-3-5-19;;/h1-9,20,24H,10-16H2;2*1H/p-2. The van der Waals surface area contributed by atoms with Crippen molar-refractivity contribution in [1.82, 2.24) is 4.90 Å². The number of anilines is 1. The first-order chi connectivity index (χ1) is 12.2. The molecule has 0 saturated carbocycles. The largest absolute Gasteiger partial charge is 1.00 e. The molecule has 1 unspecified atom stereocenters. The van der Waals surface area contributed by atoms with Gasteiger partial charge in [-0.05, 0) is 29.8 Å². The van der Waals surface area contributed by atoms with Gasteiger partial charge in [0.1, 0.15) is 0 Å². The minimum absolute atomic E-state index is 0. The van der Waals surface area contributed by atoms with Gasteiger partial charge < -0.3 is 39.6 Å². The number of β-amino-alcohol motifs (C(OH)–C–C–N with tert-alkyl or cyclic N) is 1. The maximum absolute atomic E-state index is 10.2. The van der Waals surface area contributed by atoms with Crippen LogP contribution in [0.2, 0.25) is 5.02 Å². The minimum Gasteiger partial charge on any atom is -1.00 e. The zero-order valence-corrected chi connectivity index (χ0v) is 17.4. The lowest BCUT2D eigenvalue weighted by atomic mass is 10.2. The number of para-hydroxylation sites is 1. The summed E-state index contributed by atoms with van der Waals surface area (Å²) < 4.78 is 5.62. The van der Waals surface area contributed by atoms with E-state index in [9.17, 15) is 5.11 Å². The Morgan fingerprint density at radius 2 is 1.56 bits per heavy atom. The summed E-state index contributed by atoms with van der Waals surface area (Å²) in [5.74, 6) is 0. The Morgan fingerprint density at radius 3 is 2.19 bits per heavy atom. The van der Waals surface area contributed by atoms with Crippen molar-refractivity contribution >= 4 is 17.3 Å². The van der Waals surface area contributed by atoms with Crippen LogP contribution in [0.25, 0.3) is 0 Å². The smallest absolute Gasteiger partial charge is 0.0900 e. The number of aliphatic hydroxyl groups excluding tert-OH is 1. The molecule has 0 spiro atoms. The molecule has 1 heterocycles. The maximum atomic E-state index is 10.2. The molecule has 150 valence electrons. The van der Waals surface area contributed by atoms with Gasteiger partial charge in [0.2, 0.25) is 0 Å². The zero-order valence-electron chi connectivity index (χ0n) is 15.1. The van der Waals surface area contributed by atoms with Gasteiger partial charge in [0.25, 0.3) is 0 Å². The predicted molar refractivity (Wildman–Crippen MR) is 102 cm³/mol. The molecule has 1 fully saturated rings. The molecule has 1 saturated heterocycles. The Labute approximate surface area is 178 Å². The van der Waals surface area contributed by atoms with E-state index in [1.54, 1.807) is 0 Å². The fourth-order valence-electron chi connectivity index (χ4n) is 3.07. The molecule has 2 aromatic carbocycles. The van der Waals surface area contributed by atoms with Gasteiger partial charge in [-0.2, -0.15) is 0 Å². The van der Waals surface area contributed by atoms with Gasteiger partial charge in [0, 0.05) is 43.4 Å². The molecule has 1 aliphatic heterocycles. The van der Waals surface area contributed by atoms with E-state index in [0.29, 0.717) is 19.8 Å². The average Bonchev–Trinajstić information content (AvgIpc) is 2.65. The summed E-state index contributed by atoms with van der Waals surface area (Å²) in [4.78, 5) is 4.69. The number of hydrogen-bond donors (Lipinski definition) is 1. The first kappa shape index (κ1) is 24.0. The SMILES string of the molecule is OC(COCc1ccc(Cl)cc1)CN1CCN(c2ccccc2)CC1.[Cl-].[Cl-]. The van der Waals surface area contributed by atoms with Crippen LogP contribution in [0.1, 0.15) is 5.56 Å². The van der Waals surface area contributed by atoms with E-state index in [4.69, 9.17) is 16.3 Å². The lowest BCUT2D eigenvalue weighted by Crippen LogP contribution is -3.00. The molecule has 4 nitrogen and oxygen atoms in total. The van der Waals surface area contributed by atoms with Gasteiger partial charge in [0.15, 0.2) is 0 Å². The monoisotopic (exact) mass is 430 g/mol. The highest BCUT2D eigenvalue weighted by molar-refractivity contribution is 6.30. The van der Waals surface area contributed by atoms with E-state index in [1.165, 1.54) is 5.69 Å². The molecule has 1 aliphatic rings. The van der Waals surface area contributed by atoms with E-state index in [0.717, 1.165) is 36.8 Å². The second-order valence-electron chi connectivity index (χ2n) is 6.42. The number of benzene rings is 2. The Morgan fingerprint density at radius 1 is 0.926 bits per heavy atom. The van der Waals surface area contributed by atoms with Crippen LogP contribution >= 0.6 is 11.6 Å². The van der Waals surface area contributed by atoms with Gasteiger partial charge in [-0.25, -0.2) is 0 Å². The topological polar surface area (TPSA) is 35.9 Å². The fraction of sp³-hybridized carbons (Fsp3) is 0.400. The Balaban J connectivity index is 0.00000182. The Hall–Kier alpha value is -1.01. The molecule has 1 N–H and O–H groups in total. The molecule has 0 bridgehead atoms. The number of nitrogens with zero attached hydrogens (tertiary/aromatic N) is 2. The summed E-state index contributed by atoms with van der Waals surface area (Å²) in [7, 11) is 0. The summed E-state index contributed by atoms with van der Waals surface area (Å²) in [5.41, 5.74) is 2.34. The third-order valence-corrected chi connectivity index (χ3v) is 4.71. The molecule has 3 rings (SSSR count). The van der Waals surface area contributed by atoms with Crippen LogP contribution in [0.5, 0.6) is 0 Å². The highest BCUT2D eigenvalue weighted by Crippen LogP contribution is 2.15. The third kappa shape index (κ3) is 7.86. The predicted octanol–water partition coefficient (Wildman–Crippen LogP) is -2.95. The number of hydrogen-bond acceptors (Lipinski definition) is 4. The number of ether oxygens (including phenoxy) is 1. The van der Waals surface area contributed by atoms with Gasteiger partial charge in [-0.15, -0.1) is 0 Å². The van der Waals surface area contributed by atoms with Crippen molar-refractivity contribution in [2.75, 3.05) is 44.2 Å². The summed E-state index contributed by atoms with van der Waals surface area (Å²) in [6, 6.07) is 18.1. The zero-order chi connectivity index (χ0) is 17.5. The van der Waals surface area contributed by atoms with Crippen molar-refractivity contribution in [2.45, 2.75) is 12.7 Å². The highest BCUT2D eigenvalue weighted by atomic mass is 35.5. The number of halogens is 3. The summed E-state index contributed by atoms with van der Waals surface area (Å²) in [6.07, 6.45) is -0.462. The van der Waals surface area contributed by atoms with E-state index in [-0.39, 0.29) is 24.8 Å². The van der Waals surface area contributed by atoms with Crippen LogP contribution in [0.4, 0.5) is 5.69 Å². The normalized spacial score (nSPS) is 15.6. The van der Waals surface area contributed by atoms with Crippen molar-refractivity contribution in [3.8, 4) is 0 Å².